The van der Waals surface area contributed by atoms with E-state index < -0.39 is 0 Å². The van der Waals surface area contributed by atoms with E-state index in [0.29, 0.717) is 18.4 Å². The largest absolute Gasteiger partial charge is 0.375 e. The summed E-state index contributed by atoms with van der Waals surface area (Å²) in [7, 11) is 0. The fourth-order valence-electron chi connectivity index (χ4n) is 2.70. The van der Waals surface area contributed by atoms with Crippen molar-refractivity contribution < 1.29 is 9.53 Å². The van der Waals surface area contributed by atoms with Gasteiger partial charge >= 0.3 is 0 Å². The Hall–Kier alpha value is -0.610. The van der Waals surface area contributed by atoms with Crippen molar-refractivity contribution in [3.63, 3.8) is 0 Å². The van der Waals surface area contributed by atoms with Crippen molar-refractivity contribution in [2.24, 2.45) is 5.92 Å². The Bertz CT molecular complexity index is 264. The molecular formula is C13H24N2O2. The van der Waals surface area contributed by atoms with Gasteiger partial charge in [0.15, 0.2) is 0 Å². The van der Waals surface area contributed by atoms with Crippen LogP contribution in [0.15, 0.2) is 0 Å². The fourth-order valence-corrected chi connectivity index (χ4v) is 2.70. The SMILES string of the molecule is CC1CCC(C)N(C(=O)CC2CNCCO2)C1. The van der Waals surface area contributed by atoms with Gasteiger partial charge in [0.05, 0.1) is 19.1 Å². The summed E-state index contributed by atoms with van der Waals surface area (Å²) >= 11 is 0. The van der Waals surface area contributed by atoms with Crippen LogP contribution in [0.5, 0.6) is 0 Å². The second-order valence-corrected chi connectivity index (χ2v) is 5.48. The number of rotatable bonds is 2. The number of amides is 1. The Balaban J connectivity index is 1.85. The lowest BCUT2D eigenvalue weighted by Gasteiger charge is -2.38. The maximum absolute atomic E-state index is 12.2. The summed E-state index contributed by atoms with van der Waals surface area (Å²) in [6.07, 6.45) is 2.98. The van der Waals surface area contributed by atoms with E-state index in [9.17, 15) is 4.79 Å². The third-order valence-corrected chi connectivity index (χ3v) is 3.84. The van der Waals surface area contributed by atoms with Crippen molar-refractivity contribution in [1.82, 2.24) is 10.2 Å². The van der Waals surface area contributed by atoms with Crippen LogP contribution in [0, 0.1) is 5.92 Å². The topological polar surface area (TPSA) is 41.6 Å². The van der Waals surface area contributed by atoms with E-state index in [2.05, 4.69) is 19.2 Å². The normalized spacial score (nSPS) is 34.7. The van der Waals surface area contributed by atoms with Crippen LogP contribution in [-0.4, -0.2) is 49.2 Å². The summed E-state index contributed by atoms with van der Waals surface area (Å²) in [6, 6.07) is 0.398. The third-order valence-electron chi connectivity index (χ3n) is 3.84. The number of carbonyl (C=O) groups excluding carboxylic acids is 1. The minimum atomic E-state index is 0.0701. The van der Waals surface area contributed by atoms with Crippen molar-refractivity contribution in [2.45, 2.75) is 45.3 Å². The molecule has 0 bridgehead atoms. The molecule has 4 heteroatoms. The first-order valence-corrected chi connectivity index (χ1v) is 6.78. The van der Waals surface area contributed by atoms with Crippen LogP contribution in [-0.2, 0) is 9.53 Å². The highest BCUT2D eigenvalue weighted by Gasteiger charge is 2.28. The minimum absolute atomic E-state index is 0.0701. The standard InChI is InChI=1S/C13H24N2O2/c1-10-3-4-11(2)15(9-10)13(16)7-12-8-14-5-6-17-12/h10-12,14H,3-9H2,1-2H3. The monoisotopic (exact) mass is 240 g/mol. The number of ether oxygens (including phenoxy) is 1. The lowest BCUT2D eigenvalue weighted by atomic mass is 9.94. The van der Waals surface area contributed by atoms with Crippen LogP contribution in [0.4, 0.5) is 0 Å². The maximum atomic E-state index is 12.2. The van der Waals surface area contributed by atoms with Gasteiger partial charge in [-0.05, 0) is 25.7 Å². The first kappa shape index (κ1) is 12.8. The number of hydrogen-bond donors (Lipinski definition) is 1. The summed E-state index contributed by atoms with van der Waals surface area (Å²) in [5.41, 5.74) is 0. The van der Waals surface area contributed by atoms with E-state index in [1.54, 1.807) is 0 Å². The van der Waals surface area contributed by atoms with E-state index in [-0.39, 0.29) is 12.0 Å². The van der Waals surface area contributed by atoms with E-state index in [1.165, 1.54) is 6.42 Å². The molecule has 2 aliphatic rings. The molecule has 0 saturated carbocycles. The Morgan fingerprint density at radius 2 is 2.24 bits per heavy atom. The van der Waals surface area contributed by atoms with E-state index in [0.717, 1.165) is 32.7 Å². The Morgan fingerprint density at radius 1 is 1.41 bits per heavy atom. The van der Waals surface area contributed by atoms with Gasteiger partial charge < -0.3 is 15.0 Å². The van der Waals surface area contributed by atoms with Crippen LogP contribution >= 0.6 is 0 Å². The van der Waals surface area contributed by atoms with E-state index in [1.807, 2.05) is 4.90 Å². The molecule has 0 aromatic heterocycles. The highest BCUT2D eigenvalue weighted by Crippen LogP contribution is 2.22. The van der Waals surface area contributed by atoms with Crippen molar-refractivity contribution in [1.29, 1.82) is 0 Å². The molecule has 0 spiro atoms. The Kier molecular flexibility index (Phi) is 4.40. The molecule has 3 atom stereocenters. The quantitative estimate of drug-likeness (QED) is 0.783. The number of nitrogens with zero attached hydrogens (tertiary/aromatic N) is 1. The molecule has 4 nitrogen and oxygen atoms in total. The van der Waals surface area contributed by atoms with Crippen molar-refractivity contribution in [3.8, 4) is 0 Å². The molecule has 0 aliphatic carbocycles. The van der Waals surface area contributed by atoms with Gasteiger partial charge in [0.25, 0.3) is 0 Å². The molecule has 2 rings (SSSR count). The number of morpholine rings is 1. The van der Waals surface area contributed by atoms with Gasteiger partial charge in [-0.25, -0.2) is 0 Å². The fraction of sp³-hybridized carbons (Fsp3) is 0.923. The molecular weight excluding hydrogens is 216 g/mol. The highest BCUT2D eigenvalue weighted by molar-refractivity contribution is 5.77. The lowest BCUT2D eigenvalue weighted by Crippen LogP contribution is -2.48. The molecule has 17 heavy (non-hydrogen) atoms. The molecule has 1 amide bonds. The van der Waals surface area contributed by atoms with Gasteiger partial charge in [-0.1, -0.05) is 6.92 Å². The van der Waals surface area contributed by atoms with Crippen molar-refractivity contribution in [2.75, 3.05) is 26.2 Å². The van der Waals surface area contributed by atoms with Crippen LogP contribution in [0.3, 0.4) is 0 Å². The molecule has 98 valence electrons. The predicted molar refractivity (Wildman–Crippen MR) is 66.8 cm³/mol. The number of hydrogen-bond acceptors (Lipinski definition) is 3. The maximum Gasteiger partial charge on any atom is 0.225 e. The zero-order chi connectivity index (χ0) is 12.3. The number of nitrogens with one attached hydrogen (secondary N) is 1. The Morgan fingerprint density at radius 3 is 2.94 bits per heavy atom. The van der Waals surface area contributed by atoms with E-state index in [4.69, 9.17) is 4.74 Å². The zero-order valence-corrected chi connectivity index (χ0v) is 10.9. The number of carbonyl (C=O) groups is 1. The summed E-state index contributed by atoms with van der Waals surface area (Å²) in [6.45, 7) is 7.74. The zero-order valence-electron chi connectivity index (χ0n) is 10.9. The first-order valence-electron chi connectivity index (χ1n) is 6.78. The van der Waals surface area contributed by atoms with Gasteiger partial charge in [0.2, 0.25) is 5.91 Å². The van der Waals surface area contributed by atoms with Crippen molar-refractivity contribution >= 4 is 5.91 Å². The average molecular weight is 240 g/mol. The summed E-state index contributed by atoms with van der Waals surface area (Å²) in [4.78, 5) is 14.3. The Labute approximate surface area is 104 Å². The molecule has 2 saturated heterocycles. The smallest absolute Gasteiger partial charge is 0.225 e. The van der Waals surface area contributed by atoms with Gasteiger partial charge in [0.1, 0.15) is 0 Å². The highest BCUT2D eigenvalue weighted by atomic mass is 16.5. The molecule has 0 aromatic carbocycles. The number of piperidine rings is 1. The van der Waals surface area contributed by atoms with Crippen LogP contribution in [0.1, 0.15) is 33.1 Å². The van der Waals surface area contributed by atoms with Crippen LogP contribution < -0.4 is 5.32 Å². The predicted octanol–water partition coefficient (Wildman–Crippen LogP) is 1.01. The van der Waals surface area contributed by atoms with Gasteiger partial charge in [-0.3, -0.25) is 4.79 Å². The summed E-state index contributed by atoms with van der Waals surface area (Å²) in [5.74, 6) is 0.901. The van der Waals surface area contributed by atoms with Gasteiger partial charge in [-0.2, -0.15) is 0 Å². The summed E-state index contributed by atoms with van der Waals surface area (Å²) in [5, 5.41) is 3.27. The van der Waals surface area contributed by atoms with Crippen LogP contribution in [0.25, 0.3) is 0 Å². The van der Waals surface area contributed by atoms with Crippen LogP contribution in [0.2, 0.25) is 0 Å². The second-order valence-electron chi connectivity index (χ2n) is 5.48. The molecule has 2 aliphatic heterocycles. The number of likely N-dealkylation sites (tertiary alicyclic amines) is 1. The molecule has 0 aromatic rings. The molecule has 1 N–H and O–H groups in total. The first-order chi connectivity index (χ1) is 8.16. The average Bonchev–Trinajstić information content (AvgIpc) is 2.33. The minimum Gasteiger partial charge on any atom is -0.375 e. The van der Waals surface area contributed by atoms with E-state index >= 15 is 0 Å². The van der Waals surface area contributed by atoms with Gasteiger partial charge in [-0.15, -0.1) is 0 Å². The molecule has 2 fully saturated rings. The second kappa shape index (κ2) is 5.83. The summed E-state index contributed by atoms with van der Waals surface area (Å²) < 4.78 is 5.59. The lowest BCUT2D eigenvalue weighted by molar-refractivity contribution is -0.139. The van der Waals surface area contributed by atoms with Crippen molar-refractivity contribution in [3.05, 3.63) is 0 Å². The molecule has 2 heterocycles. The van der Waals surface area contributed by atoms with Gasteiger partial charge in [0, 0.05) is 25.7 Å². The molecule has 0 radical (unpaired) electrons. The molecule has 3 unspecified atom stereocenters. The third kappa shape index (κ3) is 3.42.